The van der Waals surface area contributed by atoms with Crippen molar-refractivity contribution in [3.63, 3.8) is 0 Å². The molecule has 7 nitrogen and oxygen atoms in total. The van der Waals surface area contributed by atoms with E-state index in [1.807, 2.05) is 19.1 Å². The number of halogens is 1. The highest BCUT2D eigenvalue weighted by molar-refractivity contribution is 9.10. The van der Waals surface area contributed by atoms with Crippen molar-refractivity contribution in [1.82, 2.24) is 4.98 Å². The Bertz CT molecular complexity index is 1100. The molecule has 0 spiro atoms. The van der Waals surface area contributed by atoms with E-state index in [0.29, 0.717) is 17.1 Å². The number of aryl methyl sites for hydroxylation is 1. The Kier molecular flexibility index (Phi) is 6.50. The quantitative estimate of drug-likeness (QED) is 0.538. The molecule has 1 amide bonds. The van der Waals surface area contributed by atoms with Crippen LogP contribution in [0.15, 0.2) is 76.4 Å². The van der Waals surface area contributed by atoms with Gasteiger partial charge < -0.3 is 10.1 Å². The van der Waals surface area contributed by atoms with Crippen LogP contribution in [0.4, 0.5) is 11.4 Å². The summed E-state index contributed by atoms with van der Waals surface area (Å²) >= 11 is 3.41. The lowest BCUT2D eigenvalue weighted by atomic mass is 10.2. The van der Waals surface area contributed by atoms with Gasteiger partial charge in [0.2, 0.25) is 0 Å². The van der Waals surface area contributed by atoms with Crippen LogP contribution < -0.4 is 14.8 Å². The first-order valence-electron chi connectivity index (χ1n) is 8.55. The van der Waals surface area contributed by atoms with Gasteiger partial charge in [0, 0.05) is 16.4 Å². The number of carbonyl (C=O) groups excluding carboxylic acids is 1. The number of rotatable bonds is 7. The van der Waals surface area contributed by atoms with Crippen LogP contribution in [0, 0.1) is 6.92 Å². The van der Waals surface area contributed by atoms with E-state index in [9.17, 15) is 13.2 Å². The zero-order chi connectivity index (χ0) is 20.9. The maximum absolute atomic E-state index is 12.4. The topological polar surface area (TPSA) is 97.4 Å². The van der Waals surface area contributed by atoms with E-state index >= 15 is 0 Å². The lowest BCUT2D eigenvalue weighted by Crippen LogP contribution is -2.20. The second-order valence-corrected chi connectivity index (χ2v) is 8.66. The zero-order valence-electron chi connectivity index (χ0n) is 15.4. The van der Waals surface area contributed by atoms with E-state index < -0.39 is 10.0 Å². The predicted octanol–water partition coefficient (Wildman–Crippen LogP) is 3.97. The Balaban J connectivity index is 1.58. The van der Waals surface area contributed by atoms with Crippen LogP contribution in [0.25, 0.3) is 0 Å². The van der Waals surface area contributed by atoms with Crippen molar-refractivity contribution in [2.75, 3.05) is 16.6 Å². The van der Waals surface area contributed by atoms with Gasteiger partial charge >= 0.3 is 0 Å². The van der Waals surface area contributed by atoms with Crippen LogP contribution in [0.1, 0.15) is 5.56 Å². The molecule has 2 aromatic carbocycles. The molecule has 1 aromatic heterocycles. The normalized spacial score (nSPS) is 11.0. The molecule has 0 fully saturated rings. The van der Waals surface area contributed by atoms with Gasteiger partial charge in [-0.05, 0) is 67.1 Å². The van der Waals surface area contributed by atoms with Gasteiger partial charge in [0.15, 0.2) is 6.61 Å². The van der Waals surface area contributed by atoms with Crippen LogP contribution in [0.3, 0.4) is 0 Å². The third kappa shape index (κ3) is 5.78. The summed E-state index contributed by atoms with van der Waals surface area (Å²) in [5.74, 6) is 0.235. The first-order valence-corrected chi connectivity index (χ1v) is 10.8. The molecule has 0 aliphatic carbocycles. The Morgan fingerprint density at radius 1 is 1.10 bits per heavy atom. The monoisotopic (exact) mass is 475 g/mol. The Hall–Kier alpha value is -2.91. The van der Waals surface area contributed by atoms with Crippen LogP contribution in [-0.2, 0) is 14.8 Å². The highest BCUT2D eigenvalue weighted by Crippen LogP contribution is 2.22. The summed E-state index contributed by atoms with van der Waals surface area (Å²) in [6, 6.07) is 14.5. The van der Waals surface area contributed by atoms with Crippen molar-refractivity contribution in [1.29, 1.82) is 0 Å². The molecule has 3 rings (SSSR count). The molecular weight excluding hydrogens is 458 g/mol. The van der Waals surface area contributed by atoms with Crippen molar-refractivity contribution in [2.45, 2.75) is 11.8 Å². The zero-order valence-corrected chi connectivity index (χ0v) is 17.8. The molecule has 0 bridgehead atoms. The molecule has 3 aromatic rings. The molecule has 0 atom stereocenters. The molecule has 9 heteroatoms. The van der Waals surface area contributed by atoms with Crippen molar-refractivity contribution < 1.29 is 17.9 Å². The molecule has 0 saturated carbocycles. The minimum atomic E-state index is -3.74. The Labute approximate surface area is 177 Å². The highest BCUT2D eigenvalue weighted by Gasteiger charge is 2.14. The first-order chi connectivity index (χ1) is 13.8. The van der Waals surface area contributed by atoms with Crippen LogP contribution in [0.2, 0.25) is 0 Å². The van der Waals surface area contributed by atoms with E-state index in [-0.39, 0.29) is 17.4 Å². The minimum absolute atomic E-state index is 0.0703. The lowest BCUT2D eigenvalue weighted by molar-refractivity contribution is -0.118. The molecule has 0 aliphatic heterocycles. The predicted molar refractivity (Wildman–Crippen MR) is 114 cm³/mol. The van der Waals surface area contributed by atoms with Gasteiger partial charge in [0.1, 0.15) is 5.75 Å². The van der Waals surface area contributed by atoms with Gasteiger partial charge in [-0.3, -0.25) is 14.5 Å². The van der Waals surface area contributed by atoms with Crippen LogP contribution in [-0.4, -0.2) is 25.9 Å². The average Bonchev–Trinajstić information content (AvgIpc) is 2.70. The van der Waals surface area contributed by atoms with Gasteiger partial charge in [0.05, 0.1) is 16.8 Å². The molecule has 0 saturated heterocycles. The molecule has 2 N–H and O–H groups in total. The number of sulfonamides is 1. The number of amides is 1. The summed E-state index contributed by atoms with van der Waals surface area (Å²) in [6.07, 6.45) is 2.97. The third-order valence-electron chi connectivity index (χ3n) is 3.86. The fourth-order valence-electron chi connectivity index (χ4n) is 2.41. The maximum atomic E-state index is 12.4. The Morgan fingerprint density at radius 3 is 2.52 bits per heavy atom. The smallest absolute Gasteiger partial charge is 0.262 e. The number of pyridine rings is 1. The van der Waals surface area contributed by atoms with Gasteiger partial charge in [-0.25, -0.2) is 8.42 Å². The number of aromatic nitrogens is 1. The number of nitrogens with zero attached hydrogens (tertiary/aromatic N) is 1. The number of benzene rings is 2. The van der Waals surface area contributed by atoms with Gasteiger partial charge in [-0.2, -0.15) is 0 Å². The minimum Gasteiger partial charge on any atom is -0.484 e. The largest absolute Gasteiger partial charge is 0.484 e. The van der Waals surface area contributed by atoms with Gasteiger partial charge in [-0.15, -0.1) is 0 Å². The molecule has 29 heavy (non-hydrogen) atoms. The molecular formula is C20H18BrN3O4S. The van der Waals surface area contributed by atoms with Gasteiger partial charge in [-0.1, -0.05) is 15.9 Å². The van der Waals surface area contributed by atoms with Gasteiger partial charge in [0.25, 0.3) is 15.9 Å². The lowest BCUT2D eigenvalue weighted by Gasteiger charge is -2.10. The summed E-state index contributed by atoms with van der Waals surface area (Å²) in [6.45, 7) is 1.76. The Morgan fingerprint density at radius 2 is 1.86 bits per heavy atom. The second-order valence-electron chi connectivity index (χ2n) is 6.12. The molecule has 150 valence electrons. The van der Waals surface area contributed by atoms with Crippen molar-refractivity contribution in [2.24, 2.45) is 0 Å². The fraction of sp³-hybridized carbons (Fsp3) is 0.100. The van der Waals surface area contributed by atoms with E-state index in [4.69, 9.17) is 4.74 Å². The van der Waals surface area contributed by atoms with Crippen molar-refractivity contribution in [3.8, 4) is 5.75 Å². The third-order valence-corrected chi connectivity index (χ3v) is 6.15. The first kappa shape index (κ1) is 20.8. The van der Waals surface area contributed by atoms with Crippen molar-refractivity contribution in [3.05, 3.63) is 77.0 Å². The fourth-order valence-corrected chi connectivity index (χ4v) is 3.70. The maximum Gasteiger partial charge on any atom is 0.262 e. The second kappa shape index (κ2) is 9.06. The van der Waals surface area contributed by atoms with E-state index in [1.165, 1.54) is 30.5 Å². The summed E-state index contributed by atoms with van der Waals surface area (Å²) in [7, 11) is -3.74. The summed E-state index contributed by atoms with van der Waals surface area (Å²) < 4.78 is 33.7. The summed E-state index contributed by atoms with van der Waals surface area (Å²) in [5.41, 5.74) is 1.83. The SMILES string of the molecule is Cc1cc(OCC(=O)Nc2ccc(S(=O)(=O)Nc3cccnc3)cc2)ccc1Br. The van der Waals surface area contributed by atoms with Crippen LogP contribution in [0.5, 0.6) is 5.75 Å². The van der Waals surface area contributed by atoms with Crippen LogP contribution >= 0.6 is 15.9 Å². The summed E-state index contributed by atoms with van der Waals surface area (Å²) in [4.78, 5) is 16.0. The average molecular weight is 476 g/mol. The summed E-state index contributed by atoms with van der Waals surface area (Å²) in [5, 5.41) is 2.67. The molecule has 0 unspecified atom stereocenters. The number of nitrogens with one attached hydrogen (secondary N) is 2. The van der Waals surface area contributed by atoms with E-state index in [0.717, 1.165) is 10.0 Å². The number of hydrogen-bond acceptors (Lipinski definition) is 5. The van der Waals surface area contributed by atoms with E-state index in [2.05, 4.69) is 31.0 Å². The highest BCUT2D eigenvalue weighted by atomic mass is 79.9. The standard InChI is InChI=1S/C20H18BrN3O4S/c1-14-11-17(6-9-19(14)21)28-13-20(25)23-15-4-7-18(8-5-15)29(26,27)24-16-3-2-10-22-12-16/h2-12,24H,13H2,1H3,(H,23,25). The number of carbonyl (C=O) groups is 1. The number of hydrogen-bond donors (Lipinski definition) is 2. The molecule has 0 aliphatic rings. The van der Waals surface area contributed by atoms with E-state index in [1.54, 1.807) is 24.4 Å². The number of ether oxygens (including phenoxy) is 1. The molecule has 1 heterocycles. The molecule has 0 radical (unpaired) electrons. The van der Waals surface area contributed by atoms with Crippen molar-refractivity contribution >= 4 is 43.2 Å². The number of anilines is 2.